The molecule has 1 heterocycles. The Bertz CT molecular complexity index is 238. The highest BCUT2D eigenvalue weighted by Gasteiger charge is 2.26. The molecule has 15 heavy (non-hydrogen) atoms. The Balaban J connectivity index is 2.55. The molecule has 1 rings (SSSR count). The van der Waals surface area contributed by atoms with Crippen molar-refractivity contribution in [2.75, 3.05) is 33.2 Å². The summed E-state index contributed by atoms with van der Waals surface area (Å²) in [7, 11) is 1.55. The van der Waals surface area contributed by atoms with Gasteiger partial charge in [-0.2, -0.15) is 0 Å². The minimum absolute atomic E-state index is 0.145. The first-order chi connectivity index (χ1) is 7.15. The van der Waals surface area contributed by atoms with Crippen LogP contribution in [0.25, 0.3) is 0 Å². The number of amides is 2. The van der Waals surface area contributed by atoms with E-state index in [-0.39, 0.29) is 12.3 Å². The predicted octanol–water partition coefficient (Wildman–Crippen LogP) is -2.12. The second-order valence-corrected chi connectivity index (χ2v) is 3.58. The molecule has 0 bridgehead atoms. The number of rotatable bonds is 4. The van der Waals surface area contributed by atoms with E-state index in [1.54, 1.807) is 7.05 Å². The Hall–Kier alpha value is -1.14. The number of primary amides is 1. The first-order valence-corrected chi connectivity index (χ1v) is 5.10. The van der Waals surface area contributed by atoms with Crippen LogP contribution >= 0.6 is 0 Å². The van der Waals surface area contributed by atoms with Crippen LogP contribution in [0.5, 0.6) is 0 Å². The minimum atomic E-state index is -0.480. The Labute approximate surface area is 89.2 Å². The SMILES string of the molecule is CNC(=O)CC(C(N)=O)N1CCNCC1. The van der Waals surface area contributed by atoms with E-state index in [0.717, 1.165) is 26.2 Å². The highest BCUT2D eigenvalue weighted by atomic mass is 16.2. The van der Waals surface area contributed by atoms with Crippen molar-refractivity contribution in [2.45, 2.75) is 12.5 Å². The van der Waals surface area contributed by atoms with E-state index in [1.807, 2.05) is 4.90 Å². The molecule has 0 aromatic heterocycles. The molecule has 0 spiro atoms. The van der Waals surface area contributed by atoms with Crippen molar-refractivity contribution in [1.29, 1.82) is 0 Å². The van der Waals surface area contributed by atoms with Crippen molar-refractivity contribution in [3.8, 4) is 0 Å². The highest BCUT2D eigenvalue weighted by Crippen LogP contribution is 2.05. The summed E-state index contributed by atoms with van der Waals surface area (Å²) in [5.74, 6) is -0.585. The quantitative estimate of drug-likeness (QED) is 0.499. The largest absolute Gasteiger partial charge is 0.368 e. The average Bonchev–Trinajstić information content (AvgIpc) is 2.26. The van der Waals surface area contributed by atoms with Crippen molar-refractivity contribution in [2.24, 2.45) is 5.73 Å². The standard InChI is InChI=1S/C9H18N4O2/c1-11-8(14)6-7(9(10)15)13-4-2-12-3-5-13/h7,12H,2-6H2,1H3,(H2,10,15)(H,11,14). The molecule has 1 fully saturated rings. The number of carbonyl (C=O) groups excluding carboxylic acids is 2. The summed E-state index contributed by atoms with van der Waals surface area (Å²) in [4.78, 5) is 24.4. The van der Waals surface area contributed by atoms with Gasteiger partial charge in [0.2, 0.25) is 11.8 Å². The van der Waals surface area contributed by atoms with Crippen molar-refractivity contribution < 1.29 is 9.59 Å². The van der Waals surface area contributed by atoms with E-state index >= 15 is 0 Å². The summed E-state index contributed by atoms with van der Waals surface area (Å²) in [6.45, 7) is 3.17. The molecular weight excluding hydrogens is 196 g/mol. The third kappa shape index (κ3) is 3.49. The van der Waals surface area contributed by atoms with Gasteiger partial charge in [0.25, 0.3) is 0 Å². The summed E-state index contributed by atoms with van der Waals surface area (Å²) >= 11 is 0. The fraction of sp³-hybridized carbons (Fsp3) is 0.778. The zero-order chi connectivity index (χ0) is 11.3. The lowest BCUT2D eigenvalue weighted by molar-refractivity contribution is -0.129. The summed E-state index contributed by atoms with van der Waals surface area (Å²) < 4.78 is 0. The molecule has 4 N–H and O–H groups in total. The second kappa shape index (κ2) is 5.67. The summed E-state index contributed by atoms with van der Waals surface area (Å²) in [6, 6.07) is -0.480. The fourth-order valence-electron chi connectivity index (χ4n) is 1.68. The van der Waals surface area contributed by atoms with E-state index in [2.05, 4.69) is 10.6 Å². The number of piperazine rings is 1. The molecule has 1 aliphatic rings. The van der Waals surface area contributed by atoms with Crippen LogP contribution < -0.4 is 16.4 Å². The van der Waals surface area contributed by atoms with Crippen LogP contribution in [0.3, 0.4) is 0 Å². The van der Waals surface area contributed by atoms with Crippen LogP contribution in [0.4, 0.5) is 0 Å². The Morgan fingerprint density at radius 2 is 2.07 bits per heavy atom. The number of hydrogen-bond acceptors (Lipinski definition) is 4. The summed E-state index contributed by atoms with van der Waals surface area (Å²) in [6.07, 6.45) is 0.145. The van der Waals surface area contributed by atoms with Crippen LogP contribution in [0.15, 0.2) is 0 Å². The van der Waals surface area contributed by atoms with E-state index in [9.17, 15) is 9.59 Å². The van der Waals surface area contributed by atoms with Gasteiger partial charge in [-0.15, -0.1) is 0 Å². The number of hydrogen-bond donors (Lipinski definition) is 3. The monoisotopic (exact) mass is 214 g/mol. The Morgan fingerprint density at radius 3 is 2.53 bits per heavy atom. The maximum Gasteiger partial charge on any atom is 0.235 e. The van der Waals surface area contributed by atoms with Crippen molar-refractivity contribution >= 4 is 11.8 Å². The molecule has 6 heteroatoms. The van der Waals surface area contributed by atoms with Crippen molar-refractivity contribution in [1.82, 2.24) is 15.5 Å². The zero-order valence-corrected chi connectivity index (χ0v) is 8.95. The van der Waals surface area contributed by atoms with Gasteiger partial charge in [0.1, 0.15) is 0 Å². The van der Waals surface area contributed by atoms with Gasteiger partial charge in [-0.05, 0) is 0 Å². The van der Waals surface area contributed by atoms with Crippen LogP contribution in [-0.2, 0) is 9.59 Å². The molecule has 1 atom stereocenters. The third-order valence-electron chi connectivity index (χ3n) is 2.58. The minimum Gasteiger partial charge on any atom is -0.368 e. The Morgan fingerprint density at radius 1 is 1.47 bits per heavy atom. The number of nitrogens with zero attached hydrogens (tertiary/aromatic N) is 1. The molecule has 0 aromatic carbocycles. The van der Waals surface area contributed by atoms with Gasteiger partial charge in [0.05, 0.1) is 12.5 Å². The van der Waals surface area contributed by atoms with Crippen LogP contribution in [0, 0.1) is 0 Å². The molecule has 0 aliphatic carbocycles. The van der Waals surface area contributed by atoms with Crippen molar-refractivity contribution in [3.63, 3.8) is 0 Å². The normalized spacial score (nSPS) is 19.5. The highest BCUT2D eigenvalue weighted by molar-refractivity contribution is 5.87. The predicted molar refractivity (Wildman–Crippen MR) is 56.1 cm³/mol. The average molecular weight is 214 g/mol. The Kier molecular flexibility index (Phi) is 4.51. The summed E-state index contributed by atoms with van der Waals surface area (Å²) in [5.41, 5.74) is 5.29. The second-order valence-electron chi connectivity index (χ2n) is 3.58. The van der Waals surface area contributed by atoms with Crippen LogP contribution in [-0.4, -0.2) is 56.0 Å². The first kappa shape index (κ1) is 11.9. The molecular formula is C9H18N4O2. The van der Waals surface area contributed by atoms with E-state index in [0.29, 0.717) is 0 Å². The lowest BCUT2D eigenvalue weighted by atomic mass is 10.1. The van der Waals surface area contributed by atoms with Gasteiger partial charge in [-0.25, -0.2) is 0 Å². The van der Waals surface area contributed by atoms with Gasteiger partial charge in [0.15, 0.2) is 0 Å². The summed E-state index contributed by atoms with van der Waals surface area (Å²) in [5, 5.41) is 5.68. The molecule has 86 valence electrons. The third-order valence-corrected chi connectivity index (χ3v) is 2.58. The number of nitrogens with one attached hydrogen (secondary N) is 2. The molecule has 2 amide bonds. The topological polar surface area (TPSA) is 87.5 Å². The molecule has 0 aromatic rings. The van der Waals surface area contributed by atoms with Crippen LogP contribution in [0.2, 0.25) is 0 Å². The number of nitrogens with two attached hydrogens (primary N) is 1. The van der Waals surface area contributed by atoms with Gasteiger partial charge < -0.3 is 16.4 Å². The zero-order valence-electron chi connectivity index (χ0n) is 8.95. The lowest BCUT2D eigenvalue weighted by Gasteiger charge is -2.32. The van der Waals surface area contributed by atoms with Crippen LogP contribution in [0.1, 0.15) is 6.42 Å². The van der Waals surface area contributed by atoms with Gasteiger partial charge in [0, 0.05) is 33.2 Å². The van der Waals surface area contributed by atoms with Gasteiger partial charge >= 0.3 is 0 Å². The smallest absolute Gasteiger partial charge is 0.235 e. The van der Waals surface area contributed by atoms with E-state index < -0.39 is 11.9 Å². The van der Waals surface area contributed by atoms with E-state index in [1.165, 1.54) is 0 Å². The fourth-order valence-corrected chi connectivity index (χ4v) is 1.68. The number of carbonyl (C=O) groups is 2. The maximum absolute atomic E-state index is 11.2. The molecule has 0 saturated carbocycles. The molecule has 1 aliphatic heterocycles. The molecule has 6 nitrogen and oxygen atoms in total. The lowest BCUT2D eigenvalue weighted by Crippen LogP contribution is -2.54. The molecule has 0 radical (unpaired) electrons. The van der Waals surface area contributed by atoms with Gasteiger partial charge in [-0.3, -0.25) is 14.5 Å². The first-order valence-electron chi connectivity index (χ1n) is 5.10. The van der Waals surface area contributed by atoms with E-state index in [4.69, 9.17) is 5.73 Å². The molecule has 1 unspecified atom stereocenters. The van der Waals surface area contributed by atoms with Gasteiger partial charge in [-0.1, -0.05) is 0 Å². The molecule has 1 saturated heterocycles. The van der Waals surface area contributed by atoms with Crippen molar-refractivity contribution in [3.05, 3.63) is 0 Å². The maximum atomic E-state index is 11.2.